The zero-order valence-electron chi connectivity index (χ0n) is 9.44. The molecule has 0 aromatic carbocycles. The zero-order valence-corrected chi connectivity index (χ0v) is 9.44. The number of pyridine rings is 1. The fourth-order valence-electron chi connectivity index (χ4n) is 1.67. The molecule has 3 nitrogen and oxygen atoms in total. The number of rotatable bonds is 5. The van der Waals surface area contributed by atoms with Crippen molar-refractivity contribution < 1.29 is 4.42 Å². The number of nitrogens with one attached hydrogen (secondary N) is 1. The minimum absolute atomic E-state index is 0.801. The summed E-state index contributed by atoms with van der Waals surface area (Å²) < 4.78 is 5.01. The third-order valence-corrected chi connectivity index (χ3v) is 2.57. The third-order valence-electron chi connectivity index (χ3n) is 2.57. The maximum Gasteiger partial charge on any atom is 0.0947 e. The first-order valence-electron chi connectivity index (χ1n) is 5.54. The van der Waals surface area contributed by atoms with Crippen LogP contribution in [0.3, 0.4) is 0 Å². The highest BCUT2D eigenvalue weighted by molar-refractivity contribution is 5.19. The summed E-state index contributed by atoms with van der Waals surface area (Å²) in [5, 5.41) is 3.36. The molecule has 0 saturated carbocycles. The van der Waals surface area contributed by atoms with Gasteiger partial charge in [-0.1, -0.05) is 13.0 Å². The molecule has 0 aliphatic carbocycles. The second-order valence-electron chi connectivity index (χ2n) is 3.70. The molecule has 2 rings (SSSR count). The number of furan rings is 1. The Kier molecular flexibility index (Phi) is 3.72. The van der Waals surface area contributed by atoms with Gasteiger partial charge in [0.2, 0.25) is 0 Å². The van der Waals surface area contributed by atoms with Crippen LogP contribution in [-0.4, -0.2) is 4.98 Å². The van der Waals surface area contributed by atoms with E-state index >= 15 is 0 Å². The standard InChI is InChI=1S/C13H16N2O/c1-2-12-4-3-6-15-13(12)9-14-8-11-5-7-16-10-11/h3-7,10,14H,2,8-9H2,1H3. The van der Waals surface area contributed by atoms with Gasteiger partial charge in [-0.05, 0) is 24.1 Å². The molecule has 0 atom stereocenters. The minimum atomic E-state index is 0.801. The highest BCUT2D eigenvalue weighted by Gasteiger charge is 2.01. The molecule has 0 bridgehead atoms. The molecule has 0 saturated heterocycles. The topological polar surface area (TPSA) is 38.1 Å². The predicted octanol–water partition coefficient (Wildman–Crippen LogP) is 2.53. The van der Waals surface area contributed by atoms with Crippen LogP contribution in [-0.2, 0) is 19.5 Å². The van der Waals surface area contributed by atoms with E-state index in [1.54, 1.807) is 12.5 Å². The lowest BCUT2D eigenvalue weighted by atomic mass is 10.1. The molecule has 0 radical (unpaired) electrons. The molecule has 0 aliphatic heterocycles. The molecule has 2 aromatic rings. The van der Waals surface area contributed by atoms with Crippen molar-refractivity contribution in [3.8, 4) is 0 Å². The number of aromatic nitrogens is 1. The average Bonchev–Trinajstić information content (AvgIpc) is 2.83. The van der Waals surface area contributed by atoms with E-state index in [4.69, 9.17) is 4.42 Å². The van der Waals surface area contributed by atoms with Crippen molar-refractivity contribution in [2.75, 3.05) is 0 Å². The van der Waals surface area contributed by atoms with Crippen molar-refractivity contribution in [1.29, 1.82) is 0 Å². The molecule has 84 valence electrons. The lowest BCUT2D eigenvalue weighted by Crippen LogP contribution is -2.14. The summed E-state index contributed by atoms with van der Waals surface area (Å²) in [7, 11) is 0. The normalized spacial score (nSPS) is 10.6. The van der Waals surface area contributed by atoms with Crippen molar-refractivity contribution in [3.63, 3.8) is 0 Å². The van der Waals surface area contributed by atoms with Gasteiger partial charge >= 0.3 is 0 Å². The highest BCUT2D eigenvalue weighted by atomic mass is 16.3. The lowest BCUT2D eigenvalue weighted by molar-refractivity contribution is 0.560. The molecule has 0 unspecified atom stereocenters. The summed E-state index contributed by atoms with van der Waals surface area (Å²) in [4.78, 5) is 4.38. The molecule has 0 spiro atoms. The maximum absolute atomic E-state index is 5.01. The Morgan fingerprint density at radius 2 is 2.25 bits per heavy atom. The summed E-state index contributed by atoms with van der Waals surface area (Å²) in [6.07, 6.45) is 6.31. The first kappa shape index (κ1) is 10.9. The van der Waals surface area contributed by atoms with Gasteiger partial charge in [-0.3, -0.25) is 4.98 Å². The van der Waals surface area contributed by atoms with Gasteiger partial charge in [0, 0.05) is 24.8 Å². The molecule has 2 heterocycles. The summed E-state index contributed by atoms with van der Waals surface area (Å²) in [5.41, 5.74) is 3.60. The van der Waals surface area contributed by atoms with E-state index in [-0.39, 0.29) is 0 Å². The van der Waals surface area contributed by atoms with Gasteiger partial charge in [0.25, 0.3) is 0 Å². The average molecular weight is 216 g/mol. The van der Waals surface area contributed by atoms with Crippen LogP contribution in [0.5, 0.6) is 0 Å². The van der Waals surface area contributed by atoms with Crippen LogP contribution >= 0.6 is 0 Å². The van der Waals surface area contributed by atoms with Crippen LogP contribution in [0.2, 0.25) is 0 Å². The van der Waals surface area contributed by atoms with E-state index in [0.29, 0.717) is 0 Å². The van der Waals surface area contributed by atoms with Crippen LogP contribution < -0.4 is 5.32 Å². The molecule has 1 N–H and O–H groups in total. The van der Waals surface area contributed by atoms with Gasteiger partial charge in [-0.15, -0.1) is 0 Å². The largest absolute Gasteiger partial charge is 0.472 e. The second-order valence-corrected chi connectivity index (χ2v) is 3.70. The third kappa shape index (κ3) is 2.70. The van der Waals surface area contributed by atoms with Gasteiger partial charge in [-0.2, -0.15) is 0 Å². The van der Waals surface area contributed by atoms with E-state index in [0.717, 1.165) is 30.8 Å². The van der Waals surface area contributed by atoms with Crippen LogP contribution in [0.4, 0.5) is 0 Å². The molecule has 0 aliphatic rings. The Hall–Kier alpha value is -1.61. The Morgan fingerprint density at radius 3 is 3.00 bits per heavy atom. The van der Waals surface area contributed by atoms with Crippen LogP contribution in [0.15, 0.2) is 41.3 Å². The number of aryl methyl sites for hydroxylation is 1. The van der Waals surface area contributed by atoms with Crippen molar-refractivity contribution in [2.24, 2.45) is 0 Å². The minimum Gasteiger partial charge on any atom is -0.472 e. The first-order valence-corrected chi connectivity index (χ1v) is 5.54. The Balaban J connectivity index is 1.89. The lowest BCUT2D eigenvalue weighted by Gasteiger charge is -2.06. The highest BCUT2D eigenvalue weighted by Crippen LogP contribution is 2.06. The SMILES string of the molecule is CCc1cccnc1CNCc1ccoc1. The van der Waals surface area contributed by atoms with Crippen molar-refractivity contribution in [3.05, 3.63) is 53.7 Å². The van der Waals surface area contributed by atoms with E-state index < -0.39 is 0 Å². The Labute approximate surface area is 95.5 Å². The zero-order chi connectivity index (χ0) is 11.2. The fraction of sp³-hybridized carbons (Fsp3) is 0.308. The van der Waals surface area contributed by atoms with Gasteiger partial charge < -0.3 is 9.73 Å². The van der Waals surface area contributed by atoms with Crippen molar-refractivity contribution in [2.45, 2.75) is 26.4 Å². The van der Waals surface area contributed by atoms with Crippen LogP contribution in [0.25, 0.3) is 0 Å². The summed E-state index contributed by atoms with van der Waals surface area (Å²) in [6, 6.07) is 6.08. The maximum atomic E-state index is 5.01. The predicted molar refractivity (Wildman–Crippen MR) is 62.9 cm³/mol. The second kappa shape index (κ2) is 5.47. The van der Waals surface area contributed by atoms with E-state index in [1.165, 1.54) is 5.56 Å². The number of nitrogens with zero attached hydrogens (tertiary/aromatic N) is 1. The van der Waals surface area contributed by atoms with E-state index in [9.17, 15) is 0 Å². The molecular weight excluding hydrogens is 200 g/mol. The smallest absolute Gasteiger partial charge is 0.0947 e. The van der Waals surface area contributed by atoms with Gasteiger partial charge in [0.05, 0.1) is 18.2 Å². The molecule has 16 heavy (non-hydrogen) atoms. The van der Waals surface area contributed by atoms with Gasteiger partial charge in [-0.25, -0.2) is 0 Å². The molecule has 3 heteroatoms. The Morgan fingerprint density at radius 1 is 1.31 bits per heavy atom. The monoisotopic (exact) mass is 216 g/mol. The quantitative estimate of drug-likeness (QED) is 0.834. The van der Waals surface area contributed by atoms with Crippen molar-refractivity contribution >= 4 is 0 Å². The summed E-state index contributed by atoms with van der Waals surface area (Å²) in [5.74, 6) is 0. The fourth-order valence-corrected chi connectivity index (χ4v) is 1.67. The number of hydrogen-bond acceptors (Lipinski definition) is 3. The molecule has 0 amide bonds. The van der Waals surface area contributed by atoms with Crippen LogP contribution in [0.1, 0.15) is 23.7 Å². The summed E-state index contributed by atoms with van der Waals surface area (Å²) in [6.45, 7) is 3.77. The van der Waals surface area contributed by atoms with E-state index in [2.05, 4.69) is 23.3 Å². The van der Waals surface area contributed by atoms with Gasteiger partial charge in [0.15, 0.2) is 0 Å². The Bertz CT molecular complexity index is 423. The summed E-state index contributed by atoms with van der Waals surface area (Å²) >= 11 is 0. The van der Waals surface area contributed by atoms with Gasteiger partial charge in [0.1, 0.15) is 0 Å². The van der Waals surface area contributed by atoms with Crippen molar-refractivity contribution in [1.82, 2.24) is 10.3 Å². The molecular formula is C13H16N2O. The first-order chi connectivity index (χ1) is 7.90. The molecule has 2 aromatic heterocycles. The number of hydrogen-bond donors (Lipinski definition) is 1. The van der Waals surface area contributed by atoms with E-state index in [1.807, 2.05) is 18.3 Å². The molecule has 0 fully saturated rings. The van der Waals surface area contributed by atoms with Crippen LogP contribution in [0, 0.1) is 0 Å².